The van der Waals surface area contributed by atoms with Gasteiger partial charge in [-0.05, 0) is 29.6 Å². The van der Waals surface area contributed by atoms with E-state index in [1.165, 1.54) is 11.1 Å². The number of hydrazone groups is 1. The molecule has 0 saturated carbocycles. The zero-order chi connectivity index (χ0) is 12.1. The summed E-state index contributed by atoms with van der Waals surface area (Å²) in [6.45, 7) is 0.669. The van der Waals surface area contributed by atoms with Crippen molar-refractivity contribution in [3.05, 3.63) is 35.4 Å². The van der Waals surface area contributed by atoms with E-state index in [9.17, 15) is 5.11 Å². The Morgan fingerprint density at radius 3 is 3.11 bits per heavy atom. The predicted molar refractivity (Wildman–Crippen MR) is 64.4 cm³/mol. The molecule has 1 aliphatic carbocycles. The molecule has 0 amide bonds. The Balaban J connectivity index is 1.86. The normalized spacial score (nSPS) is 33.4. The van der Waals surface area contributed by atoms with Crippen molar-refractivity contribution >= 4 is 11.6 Å². The first-order chi connectivity index (χ1) is 8.84. The minimum Gasteiger partial charge on any atom is -0.857 e. The summed E-state index contributed by atoms with van der Waals surface area (Å²) >= 11 is 0. The third kappa shape index (κ3) is 1.29. The van der Waals surface area contributed by atoms with Gasteiger partial charge in [-0.1, -0.05) is 22.9 Å². The highest BCUT2D eigenvalue weighted by atomic mass is 16.5. The van der Waals surface area contributed by atoms with Crippen molar-refractivity contribution in [1.29, 1.82) is 0 Å². The second-order valence-electron chi connectivity index (χ2n) is 5.04. The predicted octanol–water partition coefficient (Wildman–Crippen LogP) is 0.484. The lowest BCUT2D eigenvalue weighted by molar-refractivity contribution is -0.607. The van der Waals surface area contributed by atoms with Gasteiger partial charge in [-0.15, -0.1) is 0 Å². The number of ether oxygens (including phenoxy) is 1. The van der Waals surface area contributed by atoms with Crippen molar-refractivity contribution in [1.82, 2.24) is 0 Å². The molecule has 0 radical (unpaired) electrons. The van der Waals surface area contributed by atoms with E-state index in [0.29, 0.717) is 6.61 Å². The van der Waals surface area contributed by atoms with Crippen molar-refractivity contribution in [2.75, 3.05) is 6.61 Å². The first-order valence-corrected chi connectivity index (χ1v) is 6.45. The number of hydrogen-bond donors (Lipinski definition) is 0. The van der Waals surface area contributed by atoms with E-state index in [1.807, 2.05) is 10.8 Å². The Labute approximate surface area is 105 Å². The molecule has 1 aromatic rings. The molecule has 4 nitrogen and oxygen atoms in total. The van der Waals surface area contributed by atoms with Crippen LogP contribution in [0.2, 0.25) is 0 Å². The molecule has 2 atom stereocenters. The Bertz CT molecular complexity index is 577. The maximum atomic E-state index is 11.8. The van der Waals surface area contributed by atoms with Crippen molar-refractivity contribution in [2.45, 2.75) is 25.5 Å². The Morgan fingerprint density at radius 1 is 1.28 bits per heavy atom. The highest BCUT2D eigenvalue weighted by Gasteiger charge is 2.46. The molecule has 4 rings (SSSR count). The molecular weight excluding hydrogens is 228 g/mol. The smallest absolute Gasteiger partial charge is 0.295 e. The van der Waals surface area contributed by atoms with Gasteiger partial charge >= 0.3 is 0 Å². The molecule has 1 saturated heterocycles. The molecule has 92 valence electrons. The van der Waals surface area contributed by atoms with Gasteiger partial charge in [0.1, 0.15) is 0 Å². The average Bonchev–Trinajstić information content (AvgIpc) is 3.06. The van der Waals surface area contributed by atoms with Gasteiger partial charge in [0.15, 0.2) is 0 Å². The van der Waals surface area contributed by atoms with Gasteiger partial charge < -0.3 is 9.84 Å². The van der Waals surface area contributed by atoms with Gasteiger partial charge in [0.05, 0.1) is 12.5 Å². The van der Waals surface area contributed by atoms with E-state index < -0.39 is 0 Å². The number of hydrogen-bond acceptors (Lipinski definition) is 3. The van der Waals surface area contributed by atoms with E-state index in [2.05, 4.69) is 23.3 Å². The van der Waals surface area contributed by atoms with Crippen LogP contribution >= 0.6 is 0 Å². The summed E-state index contributed by atoms with van der Waals surface area (Å²) in [7, 11) is 0. The summed E-state index contributed by atoms with van der Waals surface area (Å²) in [6, 6.07) is 8.35. The largest absolute Gasteiger partial charge is 0.857 e. The monoisotopic (exact) mass is 242 g/mol. The van der Waals surface area contributed by atoms with E-state index >= 15 is 0 Å². The second kappa shape index (κ2) is 3.65. The van der Waals surface area contributed by atoms with Gasteiger partial charge in [-0.3, -0.25) is 0 Å². The van der Waals surface area contributed by atoms with Gasteiger partial charge in [-0.25, -0.2) is 0 Å². The van der Waals surface area contributed by atoms with Crippen molar-refractivity contribution in [3.63, 3.8) is 0 Å². The van der Waals surface area contributed by atoms with E-state index in [0.717, 1.165) is 25.0 Å². The second-order valence-corrected chi connectivity index (χ2v) is 5.04. The third-order valence-electron chi connectivity index (χ3n) is 4.06. The summed E-state index contributed by atoms with van der Waals surface area (Å²) < 4.78 is 7.52. The molecular formula is C14H14N2O2. The quantitative estimate of drug-likeness (QED) is 0.621. The fourth-order valence-electron chi connectivity index (χ4n) is 3.16. The molecule has 0 N–H and O–H groups in total. The van der Waals surface area contributed by atoms with Crippen LogP contribution in [0.1, 0.15) is 24.0 Å². The van der Waals surface area contributed by atoms with E-state index in [1.54, 1.807) is 0 Å². The maximum absolute atomic E-state index is 11.8. The Hall–Kier alpha value is -1.68. The number of fused-ring (bicyclic) bond motifs is 2. The lowest BCUT2D eigenvalue weighted by atomic mass is 10.1. The molecule has 18 heavy (non-hydrogen) atoms. The Morgan fingerprint density at radius 2 is 2.17 bits per heavy atom. The highest BCUT2D eigenvalue weighted by molar-refractivity contribution is 6.01. The standard InChI is InChI=1S/C14H14N2O2/c17-13-11-7-8-18-14(11)16(15-13)12-6-5-9-3-1-2-4-10(9)12/h1-4,11,14H,5-8H2. The summed E-state index contributed by atoms with van der Waals surface area (Å²) in [5.41, 5.74) is 3.72. The molecule has 0 bridgehead atoms. The topological polar surface area (TPSA) is 47.7 Å². The van der Waals surface area contributed by atoms with E-state index in [4.69, 9.17) is 4.74 Å². The Kier molecular flexibility index (Phi) is 2.08. The van der Waals surface area contributed by atoms with Crippen LogP contribution in [0.3, 0.4) is 0 Å². The van der Waals surface area contributed by atoms with Crippen LogP contribution in [0.4, 0.5) is 0 Å². The van der Waals surface area contributed by atoms with Crippen molar-refractivity contribution < 1.29 is 14.5 Å². The van der Waals surface area contributed by atoms with Gasteiger partial charge in [0.2, 0.25) is 5.71 Å². The van der Waals surface area contributed by atoms with Crippen LogP contribution in [-0.2, 0) is 11.2 Å². The molecule has 3 aliphatic rings. The zero-order valence-corrected chi connectivity index (χ0v) is 10.0. The van der Waals surface area contributed by atoms with Crippen molar-refractivity contribution in [3.8, 4) is 0 Å². The zero-order valence-electron chi connectivity index (χ0n) is 10.0. The highest BCUT2D eigenvalue weighted by Crippen LogP contribution is 2.30. The van der Waals surface area contributed by atoms with Crippen LogP contribution in [0.15, 0.2) is 29.4 Å². The summed E-state index contributed by atoms with van der Waals surface area (Å²) in [6.07, 6.45) is 2.63. The first-order valence-electron chi connectivity index (χ1n) is 6.45. The van der Waals surface area contributed by atoms with Gasteiger partial charge in [0, 0.05) is 17.9 Å². The SMILES string of the molecule is [O-]C1=N[N+](=C2CCc3ccccc32)C2OCCC12. The summed E-state index contributed by atoms with van der Waals surface area (Å²) in [5.74, 6) is -0.0698. The van der Waals surface area contributed by atoms with Crippen LogP contribution in [-0.4, -0.2) is 29.1 Å². The fourth-order valence-corrected chi connectivity index (χ4v) is 3.16. The first kappa shape index (κ1) is 10.3. The van der Waals surface area contributed by atoms with Crippen LogP contribution < -0.4 is 5.11 Å². The molecule has 2 aliphatic heterocycles. The molecule has 2 heterocycles. The van der Waals surface area contributed by atoms with Crippen LogP contribution in [0.5, 0.6) is 0 Å². The number of aryl methyl sites for hydroxylation is 1. The molecule has 0 spiro atoms. The van der Waals surface area contributed by atoms with Crippen LogP contribution in [0, 0.1) is 5.92 Å². The lowest BCUT2D eigenvalue weighted by Crippen LogP contribution is -2.31. The molecule has 0 aromatic heterocycles. The summed E-state index contributed by atoms with van der Waals surface area (Å²) in [5, 5.41) is 16.0. The minimum atomic E-state index is -0.154. The van der Waals surface area contributed by atoms with Crippen LogP contribution in [0.25, 0.3) is 0 Å². The average molecular weight is 242 g/mol. The van der Waals surface area contributed by atoms with E-state index in [-0.39, 0.29) is 18.0 Å². The maximum Gasteiger partial charge on any atom is 0.295 e. The third-order valence-corrected chi connectivity index (χ3v) is 4.06. The molecule has 2 unspecified atom stereocenters. The fraction of sp³-hybridized carbons (Fsp3) is 0.429. The minimum absolute atomic E-state index is 0.0191. The summed E-state index contributed by atoms with van der Waals surface area (Å²) in [4.78, 5) is 0. The van der Waals surface area contributed by atoms with Gasteiger partial charge in [0.25, 0.3) is 6.23 Å². The van der Waals surface area contributed by atoms with Gasteiger partial charge in [-0.2, -0.15) is 0 Å². The molecule has 1 aromatic carbocycles. The molecule has 1 fully saturated rings. The number of benzene rings is 1. The van der Waals surface area contributed by atoms with Crippen molar-refractivity contribution in [2.24, 2.45) is 11.0 Å². The number of nitrogens with zero attached hydrogens (tertiary/aromatic N) is 2. The lowest BCUT2D eigenvalue weighted by Gasteiger charge is -2.07. The number of rotatable bonds is 0. The molecule has 4 heteroatoms.